The third-order valence-corrected chi connectivity index (χ3v) is 4.46. The SMILES string of the molecule is Nc1nc2cc(-n3c4cc(C(=O)O)ccc4c4ncnc(N)c43)ccc2o1. The molecule has 2 aromatic carbocycles. The third-order valence-electron chi connectivity index (χ3n) is 4.46. The Hall–Kier alpha value is -4.14. The van der Waals surface area contributed by atoms with Crippen molar-refractivity contribution in [1.82, 2.24) is 19.5 Å². The van der Waals surface area contributed by atoms with Crippen LogP contribution in [0.2, 0.25) is 0 Å². The molecule has 9 nitrogen and oxygen atoms in total. The van der Waals surface area contributed by atoms with E-state index in [9.17, 15) is 9.90 Å². The highest BCUT2D eigenvalue weighted by atomic mass is 16.4. The highest BCUT2D eigenvalue weighted by Crippen LogP contribution is 2.34. The van der Waals surface area contributed by atoms with Gasteiger partial charge in [0.2, 0.25) is 0 Å². The molecule has 132 valence electrons. The van der Waals surface area contributed by atoms with Gasteiger partial charge in [-0.25, -0.2) is 14.8 Å². The summed E-state index contributed by atoms with van der Waals surface area (Å²) >= 11 is 0. The lowest BCUT2D eigenvalue weighted by molar-refractivity contribution is 0.0697. The van der Waals surface area contributed by atoms with E-state index in [1.165, 1.54) is 12.4 Å². The van der Waals surface area contributed by atoms with Crippen molar-refractivity contribution in [3.8, 4) is 5.69 Å². The zero-order valence-electron chi connectivity index (χ0n) is 13.7. The molecule has 27 heavy (non-hydrogen) atoms. The first-order valence-electron chi connectivity index (χ1n) is 7.97. The molecule has 0 aliphatic carbocycles. The average Bonchev–Trinajstić information content (AvgIpc) is 3.18. The molecule has 0 fully saturated rings. The van der Waals surface area contributed by atoms with Gasteiger partial charge in [-0.15, -0.1) is 0 Å². The molecule has 0 saturated heterocycles. The number of fused-ring (bicyclic) bond motifs is 4. The van der Waals surface area contributed by atoms with Crippen LogP contribution in [0.3, 0.4) is 0 Å². The number of anilines is 2. The summed E-state index contributed by atoms with van der Waals surface area (Å²) < 4.78 is 7.14. The van der Waals surface area contributed by atoms with Gasteiger partial charge in [-0.1, -0.05) is 0 Å². The second-order valence-electron chi connectivity index (χ2n) is 6.03. The van der Waals surface area contributed by atoms with E-state index in [-0.39, 0.29) is 17.4 Å². The summed E-state index contributed by atoms with van der Waals surface area (Å²) in [5.41, 5.74) is 15.6. The van der Waals surface area contributed by atoms with Gasteiger partial charge in [0.25, 0.3) is 6.01 Å². The zero-order valence-corrected chi connectivity index (χ0v) is 13.7. The van der Waals surface area contributed by atoms with Crippen LogP contribution in [0.15, 0.2) is 47.1 Å². The average molecular weight is 360 g/mol. The van der Waals surface area contributed by atoms with Gasteiger partial charge in [0.15, 0.2) is 11.4 Å². The number of benzene rings is 2. The van der Waals surface area contributed by atoms with E-state index in [2.05, 4.69) is 15.0 Å². The van der Waals surface area contributed by atoms with Crippen LogP contribution in [0.4, 0.5) is 11.8 Å². The van der Waals surface area contributed by atoms with Crippen LogP contribution < -0.4 is 11.5 Å². The Balaban J connectivity index is 1.94. The summed E-state index contributed by atoms with van der Waals surface area (Å²) in [5, 5.41) is 10.1. The maximum Gasteiger partial charge on any atom is 0.335 e. The van der Waals surface area contributed by atoms with Crippen molar-refractivity contribution in [1.29, 1.82) is 0 Å². The van der Waals surface area contributed by atoms with Gasteiger partial charge in [0, 0.05) is 11.1 Å². The van der Waals surface area contributed by atoms with Crippen LogP contribution in [0, 0.1) is 0 Å². The van der Waals surface area contributed by atoms with E-state index in [1.807, 2.05) is 10.6 Å². The molecule has 5 rings (SSSR count). The Kier molecular flexibility index (Phi) is 2.90. The lowest BCUT2D eigenvalue weighted by Crippen LogP contribution is -2.00. The van der Waals surface area contributed by atoms with Crippen molar-refractivity contribution < 1.29 is 14.3 Å². The van der Waals surface area contributed by atoms with Crippen molar-refractivity contribution in [2.24, 2.45) is 0 Å². The molecular weight excluding hydrogens is 348 g/mol. The fourth-order valence-electron chi connectivity index (χ4n) is 3.32. The fourth-order valence-corrected chi connectivity index (χ4v) is 3.32. The number of rotatable bonds is 2. The number of oxazole rings is 1. The standard InChI is InChI=1S/C18H12N6O3/c19-16-15-14(21-7-22-16)10-3-1-8(17(25)26)5-12(10)24(15)9-2-4-13-11(6-9)23-18(20)27-13/h1-7H,(H2,20,23)(H,25,26)(H2,19,21,22). The van der Waals surface area contributed by atoms with E-state index in [0.29, 0.717) is 33.3 Å². The largest absolute Gasteiger partial charge is 0.478 e. The first-order valence-corrected chi connectivity index (χ1v) is 7.97. The van der Waals surface area contributed by atoms with Crippen LogP contribution in [-0.2, 0) is 0 Å². The van der Waals surface area contributed by atoms with Gasteiger partial charge in [0.05, 0.1) is 11.1 Å². The molecule has 0 aliphatic rings. The van der Waals surface area contributed by atoms with Crippen LogP contribution in [0.1, 0.15) is 10.4 Å². The Bertz CT molecular complexity index is 1380. The molecular formula is C18H12N6O3. The van der Waals surface area contributed by atoms with E-state index in [0.717, 1.165) is 5.39 Å². The summed E-state index contributed by atoms with van der Waals surface area (Å²) in [5.74, 6) is -0.736. The predicted molar refractivity (Wildman–Crippen MR) is 99.7 cm³/mol. The molecule has 0 spiro atoms. The highest BCUT2D eigenvalue weighted by molar-refractivity contribution is 6.11. The van der Waals surface area contributed by atoms with Gasteiger partial charge < -0.3 is 25.6 Å². The van der Waals surface area contributed by atoms with E-state index >= 15 is 0 Å². The van der Waals surface area contributed by atoms with Gasteiger partial charge in [-0.05, 0) is 36.4 Å². The Morgan fingerprint density at radius 1 is 1.11 bits per heavy atom. The molecule has 0 radical (unpaired) electrons. The highest BCUT2D eigenvalue weighted by Gasteiger charge is 2.18. The van der Waals surface area contributed by atoms with Crippen molar-refractivity contribution in [3.05, 3.63) is 48.3 Å². The summed E-state index contributed by atoms with van der Waals surface area (Å²) in [6.07, 6.45) is 1.38. The number of hydrogen-bond acceptors (Lipinski definition) is 7. The van der Waals surface area contributed by atoms with Crippen LogP contribution in [0.5, 0.6) is 0 Å². The molecule has 0 aliphatic heterocycles. The molecule has 0 bridgehead atoms. The van der Waals surface area contributed by atoms with Crippen LogP contribution in [-0.4, -0.2) is 30.6 Å². The quantitative estimate of drug-likeness (QED) is 0.435. The lowest BCUT2D eigenvalue weighted by atomic mass is 10.1. The van der Waals surface area contributed by atoms with E-state index in [1.54, 1.807) is 24.3 Å². The molecule has 0 unspecified atom stereocenters. The number of aromatic carboxylic acids is 1. The summed E-state index contributed by atoms with van der Waals surface area (Å²) in [4.78, 5) is 24.0. The molecule has 5 aromatic rings. The number of carbonyl (C=O) groups is 1. The summed E-state index contributed by atoms with van der Waals surface area (Å²) in [6, 6.07) is 10.2. The minimum atomic E-state index is -1.02. The number of aromatic nitrogens is 4. The zero-order chi connectivity index (χ0) is 18.7. The molecule has 0 saturated carbocycles. The number of nitrogens with two attached hydrogens (primary N) is 2. The summed E-state index contributed by atoms with van der Waals surface area (Å²) in [6.45, 7) is 0. The monoisotopic (exact) mass is 360 g/mol. The number of hydrogen-bond donors (Lipinski definition) is 3. The normalized spacial score (nSPS) is 11.6. The minimum Gasteiger partial charge on any atom is -0.478 e. The Morgan fingerprint density at radius 2 is 1.96 bits per heavy atom. The van der Waals surface area contributed by atoms with E-state index in [4.69, 9.17) is 15.9 Å². The Morgan fingerprint density at radius 3 is 2.78 bits per heavy atom. The van der Waals surface area contributed by atoms with Gasteiger partial charge >= 0.3 is 5.97 Å². The van der Waals surface area contributed by atoms with Crippen LogP contribution >= 0.6 is 0 Å². The van der Waals surface area contributed by atoms with Gasteiger partial charge in [0.1, 0.15) is 22.9 Å². The number of nitrogen functional groups attached to an aromatic ring is 2. The number of carboxylic acid groups (broad SMARTS) is 1. The Labute approximate surface area is 150 Å². The predicted octanol–water partition coefficient (Wildman–Crippen LogP) is 2.58. The topological polar surface area (TPSA) is 146 Å². The minimum absolute atomic E-state index is 0.0698. The van der Waals surface area contributed by atoms with Crippen molar-refractivity contribution >= 4 is 50.8 Å². The molecule has 9 heteroatoms. The van der Waals surface area contributed by atoms with Crippen molar-refractivity contribution in [2.45, 2.75) is 0 Å². The molecule has 3 aromatic heterocycles. The molecule has 0 atom stereocenters. The third kappa shape index (κ3) is 2.11. The van der Waals surface area contributed by atoms with Gasteiger partial charge in [-0.3, -0.25) is 0 Å². The van der Waals surface area contributed by atoms with Gasteiger partial charge in [-0.2, -0.15) is 4.98 Å². The van der Waals surface area contributed by atoms with Crippen molar-refractivity contribution in [2.75, 3.05) is 11.5 Å². The molecule has 5 N–H and O–H groups in total. The summed E-state index contributed by atoms with van der Waals surface area (Å²) in [7, 11) is 0. The van der Waals surface area contributed by atoms with Crippen molar-refractivity contribution in [3.63, 3.8) is 0 Å². The first kappa shape index (κ1) is 15.1. The number of carboxylic acids is 1. The molecule has 3 heterocycles. The number of nitrogens with zero attached hydrogens (tertiary/aromatic N) is 4. The van der Waals surface area contributed by atoms with E-state index < -0.39 is 5.97 Å². The smallest absolute Gasteiger partial charge is 0.335 e. The maximum absolute atomic E-state index is 11.5. The molecule has 0 amide bonds. The second-order valence-corrected chi connectivity index (χ2v) is 6.03. The lowest BCUT2D eigenvalue weighted by Gasteiger charge is -2.08. The second kappa shape index (κ2) is 5.18. The fraction of sp³-hybridized carbons (Fsp3) is 0. The first-order chi connectivity index (χ1) is 13.0. The van der Waals surface area contributed by atoms with Crippen LogP contribution in [0.25, 0.3) is 38.7 Å². The maximum atomic E-state index is 11.5.